The normalized spacial score (nSPS) is 19.6. The van der Waals surface area contributed by atoms with Crippen molar-refractivity contribution in [2.24, 2.45) is 11.8 Å². The van der Waals surface area contributed by atoms with E-state index in [1.165, 1.54) is 57.5 Å². The zero-order chi connectivity index (χ0) is 38.7. The average molecular weight is 769 g/mol. The molecule has 13 heteroatoms. The molecule has 0 spiro atoms. The fraction of sp³-hybridized carbons (Fsp3) is 0.432. The maximum absolute atomic E-state index is 12.2. The largest absolute Gasteiger partial charge is 0.457 e. The first-order chi connectivity index (χ1) is 27.9. The third-order valence-corrected chi connectivity index (χ3v) is 12.5. The van der Waals surface area contributed by atoms with E-state index in [0.717, 1.165) is 90.3 Å². The van der Waals surface area contributed by atoms with Crippen LogP contribution in [0.15, 0.2) is 85.2 Å². The Morgan fingerprint density at radius 3 is 1.96 bits per heavy atom. The highest BCUT2D eigenvalue weighted by molar-refractivity contribution is 6.05. The number of nitrogens with two attached hydrogens (primary N) is 1. The monoisotopic (exact) mass is 768 g/mol. The number of para-hydroxylation sites is 1. The summed E-state index contributed by atoms with van der Waals surface area (Å²) in [4.78, 5) is 42.3. The minimum atomic E-state index is -0.337. The van der Waals surface area contributed by atoms with E-state index in [2.05, 4.69) is 46.8 Å². The number of urea groups is 1. The number of imide groups is 1. The van der Waals surface area contributed by atoms with Gasteiger partial charge in [-0.2, -0.15) is 5.10 Å². The van der Waals surface area contributed by atoms with Crippen LogP contribution in [0.4, 0.5) is 22.0 Å². The number of nitrogens with zero attached hydrogens (tertiary/aromatic N) is 8. The van der Waals surface area contributed by atoms with Gasteiger partial charge < -0.3 is 25.2 Å². The number of anilines is 3. The number of hydrogen-bond acceptors (Lipinski definition) is 10. The molecule has 0 atom stereocenters. The lowest BCUT2D eigenvalue weighted by Gasteiger charge is -2.40. The van der Waals surface area contributed by atoms with Gasteiger partial charge in [0.1, 0.15) is 29.3 Å². The molecule has 3 aromatic carbocycles. The first-order valence-corrected chi connectivity index (χ1v) is 20.7. The van der Waals surface area contributed by atoms with E-state index in [9.17, 15) is 9.59 Å². The molecule has 4 saturated heterocycles. The Hall–Kier alpha value is -5.53. The Bertz CT molecular complexity index is 2150. The molecule has 3 N–H and O–H groups in total. The summed E-state index contributed by atoms with van der Waals surface area (Å²) in [5, 5.41) is 8.36. The number of hydrogen-bond donors (Lipinski definition) is 2. The van der Waals surface area contributed by atoms with Gasteiger partial charge in [0.15, 0.2) is 5.65 Å². The lowest BCUT2D eigenvalue weighted by Crippen LogP contribution is -2.49. The number of ether oxygens (including phenoxy) is 1. The number of carbonyl (C=O) groups is 2. The molecule has 4 fully saturated rings. The van der Waals surface area contributed by atoms with Gasteiger partial charge in [-0.05, 0) is 124 Å². The number of likely N-dealkylation sites (tertiary alicyclic amines) is 2. The van der Waals surface area contributed by atoms with Crippen LogP contribution in [0.3, 0.4) is 0 Å². The smallest absolute Gasteiger partial charge is 0.328 e. The van der Waals surface area contributed by atoms with Crippen molar-refractivity contribution >= 4 is 40.2 Å². The SMILES string of the molecule is Nc1ncnc2c1c(-c1ccc(Oc3ccccc3)cc1)nn2C1CCN(CC2CCN(CC3CCN(c4ccc(N5CCC(=O)NC5=O)cc4)CC3)CC2)CC1. The van der Waals surface area contributed by atoms with Crippen LogP contribution < -0.4 is 25.6 Å². The highest BCUT2D eigenvalue weighted by Gasteiger charge is 2.30. The van der Waals surface area contributed by atoms with Crippen molar-refractivity contribution in [3.05, 3.63) is 85.2 Å². The summed E-state index contributed by atoms with van der Waals surface area (Å²) in [7, 11) is 0. The highest BCUT2D eigenvalue weighted by Crippen LogP contribution is 2.36. The Labute approximate surface area is 333 Å². The van der Waals surface area contributed by atoms with Crippen molar-refractivity contribution in [3.8, 4) is 22.8 Å². The number of nitrogens with one attached hydrogen (secondary N) is 1. The van der Waals surface area contributed by atoms with E-state index in [0.29, 0.717) is 18.8 Å². The summed E-state index contributed by atoms with van der Waals surface area (Å²) in [6.07, 6.45) is 8.90. The summed E-state index contributed by atoms with van der Waals surface area (Å²) in [5.74, 6) is 3.29. The van der Waals surface area contributed by atoms with Gasteiger partial charge in [0.05, 0.1) is 11.4 Å². The number of piperidine rings is 3. The third kappa shape index (κ3) is 8.31. The first kappa shape index (κ1) is 37.1. The molecule has 0 bridgehead atoms. The summed E-state index contributed by atoms with van der Waals surface area (Å²) in [6, 6.07) is 25.9. The lowest BCUT2D eigenvalue weighted by atomic mass is 9.92. The van der Waals surface area contributed by atoms with Crippen molar-refractivity contribution in [1.29, 1.82) is 0 Å². The molecule has 9 rings (SSSR count). The van der Waals surface area contributed by atoms with Crippen molar-refractivity contribution < 1.29 is 14.3 Å². The molecule has 0 unspecified atom stereocenters. The molecule has 5 aromatic rings. The van der Waals surface area contributed by atoms with Gasteiger partial charge >= 0.3 is 6.03 Å². The molecule has 0 radical (unpaired) electrons. The molecular formula is C44H52N10O3. The zero-order valence-electron chi connectivity index (χ0n) is 32.5. The topological polar surface area (TPSA) is 138 Å². The van der Waals surface area contributed by atoms with Crippen LogP contribution in [0.2, 0.25) is 0 Å². The van der Waals surface area contributed by atoms with E-state index in [1.807, 2.05) is 66.7 Å². The number of rotatable bonds is 10. The van der Waals surface area contributed by atoms with Crippen molar-refractivity contribution in [2.45, 2.75) is 51.0 Å². The molecule has 4 aliphatic heterocycles. The molecule has 4 aliphatic rings. The van der Waals surface area contributed by atoms with Crippen LogP contribution >= 0.6 is 0 Å². The minimum absolute atomic E-state index is 0.208. The summed E-state index contributed by atoms with van der Waals surface area (Å²) < 4.78 is 8.13. The second-order valence-corrected chi connectivity index (χ2v) is 16.2. The molecule has 2 aromatic heterocycles. The zero-order valence-corrected chi connectivity index (χ0v) is 32.5. The maximum atomic E-state index is 12.2. The van der Waals surface area contributed by atoms with Gasteiger partial charge in [-0.3, -0.25) is 15.0 Å². The molecule has 13 nitrogen and oxygen atoms in total. The minimum Gasteiger partial charge on any atom is -0.457 e. The van der Waals surface area contributed by atoms with Crippen LogP contribution in [0.1, 0.15) is 51.0 Å². The lowest BCUT2D eigenvalue weighted by molar-refractivity contribution is -0.120. The fourth-order valence-electron chi connectivity index (χ4n) is 9.21. The molecular weight excluding hydrogens is 717 g/mol. The highest BCUT2D eigenvalue weighted by atomic mass is 16.5. The van der Waals surface area contributed by atoms with Crippen molar-refractivity contribution in [2.75, 3.05) is 74.4 Å². The number of aromatic nitrogens is 4. The Kier molecular flexibility index (Phi) is 10.7. The van der Waals surface area contributed by atoms with Crippen LogP contribution in [-0.4, -0.2) is 100 Å². The second kappa shape index (κ2) is 16.5. The van der Waals surface area contributed by atoms with Crippen LogP contribution in [0.5, 0.6) is 11.5 Å². The predicted molar refractivity (Wildman–Crippen MR) is 222 cm³/mol. The van der Waals surface area contributed by atoms with Crippen molar-refractivity contribution in [3.63, 3.8) is 0 Å². The average Bonchev–Trinajstić information content (AvgIpc) is 3.64. The summed E-state index contributed by atoms with van der Waals surface area (Å²) in [5.41, 5.74) is 11.1. The molecule has 0 aliphatic carbocycles. The van der Waals surface area contributed by atoms with E-state index in [1.54, 1.807) is 11.2 Å². The maximum Gasteiger partial charge on any atom is 0.328 e. The number of nitrogen functional groups attached to an aromatic ring is 1. The van der Waals surface area contributed by atoms with Gasteiger partial charge in [-0.15, -0.1) is 0 Å². The van der Waals surface area contributed by atoms with E-state index in [4.69, 9.17) is 15.6 Å². The molecule has 57 heavy (non-hydrogen) atoms. The Balaban J connectivity index is 0.728. The number of amides is 3. The summed E-state index contributed by atoms with van der Waals surface area (Å²) >= 11 is 0. The van der Waals surface area contributed by atoms with E-state index < -0.39 is 0 Å². The van der Waals surface area contributed by atoms with Gasteiger partial charge in [0.25, 0.3) is 0 Å². The number of carbonyl (C=O) groups excluding carboxylic acids is 2. The summed E-state index contributed by atoms with van der Waals surface area (Å²) in [6.45, 7) is 9.43. The van der Waals surface area contributed by atoms with Gasteiger partial charge in [0, 0.05) is 69.2 Å². The second-order valence-electron chi connectivity index (χ2n) is 16.2. The third-order valence-electron chi connectivity index (χ3n) is 12.5. The Morgan fingerprint density at radius 2 is 1.30 bits per heavy atom. The molecule has 296 valence electrons. The van der Waals surface area contributed by atoms with Gasteiger partial charge in [-0.25, -0.2) is 19.4 Å². The molecule has 6 heterocycles. The van der Waals surface area contributed by atoms with Gasteiger partial charge in [0.2, 0.25) is 5.91 Å². The van der Waals surface area contributed by atoms with Crippen LogP contribution in [0, 0.1) is 11.8 Å². The van der Waals surface area contributed by atoms with Crippen LogP contribution in [0.25, 0.3) is 22.3 Å². The fourth-order valence-corrected chi connectivity index (χ4v) is 9.21. The van der Waals surface area contributed by atoms with Gasteiger partial charge in [-0.1, -0.05) is 18.2 Å². The quantitative estimate of drug-likeness (QED) is 0.160. The predicted octanol–water partition coefficient (Wildman–Crippen LogP) is 6.58. The molecule has 3 amide bonds. The standard InChI is InChI=1S/C44H52N10O3/c45-42-40-41(33-6-12-38(13-7-33)57-37-4-2-1-3-5-37)49-54(43(40)47-30-46-42)36-18-23-51(24-19-36)28-31-14-21-50(22-15-31)29-32-16-25-52(26-17-32)34-8-10-35(11-9-34)53-27-20-39(55)48-44(53)56/h1-13,30-32,36H,14-29H2,(H2,45,46,47)(H,48,55,56). The van der Waals surface area contributed by atoms with E-state index >= 15 is 0 Å². The van der Waals surface area contributed by atoms with E-state index in [-0.39, 0.29) is 18.0 Å². The van der Waals surface area contributed by atoms with Crippen molar-refractivity contribution in [1.82, 2.24) is 34.9 Å². The number of fused-ring (bicyclic) bond motifs is 1. The first-order valence-electron chi connectivity index (χ1n) is 20.7. The Morgan fingerprint density at radius 1 is 0.684 bits per heavy atom. The molecule has 0 saturated carbocycles. The van der Waals surface area contributed by atoms with Crippen LogP contribution in [-0.2, 0) is 4.79 Å². The number of benzene rings is 3.